The number of thiazole rings is 1. The van der Waals surface area contributed by atoms with E-state index in [1.165, 1.54) is 0 Å². The number of hydrogen-bond acceptors (Lipinski definition) is 10. The molecule has 45 heavy (non-hydrogen) atoms. The lowest BCUT2D eigenvalue weighted by molar-refractivity contribution is 0.188. The van der Waals surface area contributed by atoms with Crippen LogP contribution in [0, 0.1) is 0 Å². The van der Waals surface area contributed by atoms with Crippen LogP contribution in [0.2, 0.25) is 0 Å². The second-order valence-corrected chi connectivity index (χ2v) is 13.2. The highest BCUT2D eigenvalue weighted by Gasteiger charge is 2.20. The van der Waals surface area contributed by atoms with Crippen LogP contribution in [-0.4, -0.2) is 73.5 Å². The van der Waals surface area contributed by atoms with Crippen molar-refractivity contribution in [2.45, 2.75) is 24.7 Å². The molecule has 1 atom stereocenters. The molecule has 1 fully saturated rings. The van der Waals surface area contributed by atoms with Crippen LogP contribution in [0.1, 0.15) is 24.8 Å². The molecule has 232 valence electrons. The number of benzene rings is 2. The van der Waals surface area contributed by atoms with Gasteiger partial charge in [0.25, 0.3) is 0 Å². The number of nitrogens with zero attached hydrogens (tertiary/aromatic N) is 6. The fraction of sp³-hybridized carbons (Fsp3) is 0.273. The first-order valence-electron chi connectivity index (χ1n) is 15.0. The van der Waals surface area contributed by atoms with Crippen LogP contribution in [0.5, 0.6) is 0 Å². The zero-order valence-electron chi connectivity index (χ0n) is 25.3. The fourth-order valence-electron chi connectivity index (χ4n) is 5.06. The first-order valence-corrected chi connectivity index (χ1v) is 16.9. The van der Waals surface area contributed by atoms with Crippen molar-refractivity contribution in [1.82, 2.24) is 24.8 Å². The van der Waals surface area contributed by atoms with E-state index in [4.69, 9.17) is 9.97 Å². The van der Waals surface area contributed by atoms with Gasteiger partial charge in [0.15, 0.2) is 0 Å². The Morgan fingerprint density at radius 2 is 1.76 bits per heavy atom. The van der Waals surface area contributed by atoms with Crippen molar-refractivity contribution >= 4 is 45.5 Å². The van der Waals surface area contributed by atoms with E-state index in [0.29, 0.717) is 17.4 Å². The van der Waals surface area contributed by atoms with E-state index in [-0.39, 0.29) is 12.5 Å². The van der Waals surface area contributed by atoms with Gasteiger partial charge in [-0.25, -0.2) is 24.1 Å². The molecule has 0 bridgehead atoms. The van der Waals surface area contributed by atoms with Crippen molar-refractivity contribution in [1.29, 1.82) is 0 Å². The molecule has 3 aromatic heterocycles. The third kappa shape index (κ3) is 7.54. The van der Waals surface area contributed by atoms with E-state index < -0.39 is 11.0 Å². The summed E-state index contributed by atoms with van der Waals surface area (Å²) in [7, 11) is -1.39. The minimum Gasteiger partial charge on any atom is -0.395 e. The Kier molecular flexibility index (Phi) is 9.75. The predicted octanol–water partition coefficient (Wildman–Crippen LogP) is 5.78. The average Bonchev–Trinajstić information content (AvgIpc) is 3.53. The molecule has 0 radical (unpaired) electrons. The van der Waals surface area contributed by atoms with Gasteiger partial charge in [0, 0.05) is 56.1 Å². The standard InChI is InChI=1S/C33H36N8O2S2/c1-23(2)32-38-30(24-7-6-8-25(21-24)39-45(43)27-9-4-3-5-10-27)31(44-32)28-13-14-34-33(37-28)36-26-11-12-29(35-22-26)41-17-15-40(16-18-41)19-20-42/h3-14,21-23,39,42H,15-20H2,1-2H3,(H,34,36,37). The van der Waals surface area contributed by atoms with E-state index in [2.05, 4.69) is 43.7 Å². The molecule has 5 aromatic rings. The predicted molar refractivity (Wildman–Crippen MR) is 182 cm³/mol. The minimum absolute atomic E-state index is 0.189. The van der Waals surface area contributed by atoms with Crippen molar-refractivity contribution in [3.05, 3.63) is 90.2 Å². The van der Waals surface area contributed by atoms with Crippen LogP contribution in [0.15, 0.2) is 90.1 Å². The quantitative estimate of drug-likeness (QED) is 0.165. The molecular formula is C33H36N8O2S2. The van der Waals surface area contributed by atoms with Gasteiger partial charge in [-0.05, 0) is 42.5 Å². The van der Waals surface area contributed by atoms with Crippen LogP contribution in [0.4, 0.5) is 23.1 Å². The maximum Gasteiger partial charge on any atom is 0.227 e. The Hall–Kier alpha value is -4.23. The summed E-state index contributed by atoms with van der Waals surface area (Å²) in [5.74, 6) is 1.65. The molecule has 10 nitrogen and oxygen atoms in total. The Labute approximate surface area is 269 Å². The van der Waals surface area contributed by atoms with Gasteiger partial charge >= 0.3 is 0 Å². The third-order valence-corrected chi connectivity index (χ3v) is 9.95. The number of aromatic nitrogens is 4. The molecule has 0 saturated carbocycles. The minimum atomic E-state index is -1.39. The van der Waals surface area contributed by atoms with Crippen LogP contribution in [-0.2, 0) is 11.0 Å². The number of rotatable bonds is 11. The molecule has 2 aromatic carbocycles. The lowest BCUT2D eigenvalue weighted by atomic mass is 10.1. The number of nitrogens with one attached hydrogen (secondary N) is 2. The lowest BCUT2D eigenvalue weighted by Crippen LogP contribution is -2.47. The smallest absolute Gasteiger partial charge is 0.227 e. The molecule has 4 heterocycles. The fourth-order valence-corrected chi connectivity index (χ4v) is 6.98. The number of pyridine rings is 1. The number of hydrogen-bond donors (Lipinski definition) is 3. The van der Waals surface area contributed by atoms with E-state index in [1.807, 2.05) is 72.8 Å². The Morgan fingerprint density at radius 3 is 2.49 bits per heavy atom. The van der Waals surface area contributed by atoms with E-state index in [0.717, 1.165) is 70.2 Å². The highest BCUT2D eigenvalue weighted by Crippen LogP contribution is 2.39. The normalized spacial score (nSPS) is 14.4. The maximum atomic E-state index is 12.9. The first kappa shape index (κ1) is 30.8. The lowest BCUT2D eigenvalue weighted by Gasteiger charge is -2.35. The molecule has 0 aliphatic carbocycles. The Morgan fingerprint density at radius 1 is 0.933 bits per heavy atom. The SMILES string of the molecule is CC(C)c1nc(-c2cccc(NS(=O)c3ccccc3)c2)c(-c2ccnc(Nc3ccc(N4CCN(CCO)CC4)nc3)n2)s1. The topological polar surface area (TPSA) is 119 Å². The molecule has 12 heteroatoms. The van der Waals surface area contributed by atoms with Crippen LogP contribution in [0.3, 0.4) is 0 Å². The summed E-state index contributed by atoms with van der Waals surface area (Å²) in [6, 6.07) is 23.1. The van der Waals surface area contributed by atoms with Crippen molar-refractivity contribution in [2.75, 3.05) is 54.3 Å². The largest absolute Gasteiger partial charge is 0.395 e. The molecule has 3 N–H and O–H groups in total. The van der Waals surface area contributed by atoms with Crippen molar-refractivity contribution < 1.29 is 9.32 Å². The summed E-state index contributed by atoms with van der Waals surface area (Å²) in [4.78, 5) is 25.2. The summed E-state index contributed by atoms with van der Waals surface area (Å²) in [6.07, 6.45) is 3.55. The number of β-amino-alcohol motifs (C(OH)–C–C–N with tert-alkyl or cyclic N) is 1. The summed E-state index contributed by atoms with van der Waals surface area (Å²) < 4.78 is 16.0. The molecule has 1 unspecified atom stereocenters. The summed E-state index contributed by atoms with van der Waals surface area (Å²) >= 11 is 1.62. The van der Waals surface area contributed by atoms with Gasteiger partial charge in [-0.2, -0.15) is 0 Å². The monoisotopic (exact) mass is 640 g/mol. The molecule has 0 amide bonds. The molecule has 1 saturated heterocycles. The van der Waals surface area contributed by atoms with Crippen LogP contribution in [0.25, 0.3) is 21.8 Å². The Balaban J connectivity index is 1.21. The van der Waals surface area contributed by atoms with Crippen LogP contribution >= 0.6 is 11.3 Å². The summed E-state index contributed by atoms with van der Waals surface area (Å²) in [5, 5.41) is 13.5. The van der Waals surface area contributed by atoms with Gasteiger partial charge in [0.2, 0.25) is 5.95 Å². The number of aliphatic hydroxyl groups excluding tert-OH is 1. The third-order valence-electron chi connectivity index (χ3n) is 7.45. The Bertz CT molecular complexity index is 1740. The summed E-state index contributed by atoms with van der Waals surface area (Å²) in [5.41, 5.74) is 4.05. The highest BCUT2D eigenvalue weighted by atomic mass is 32.2. The first-order chi connectivity index (χ1) is 22.0. The highest BCUT2D eigenvalue weighted by molar-refractivity contribution is 7.86. The summed E-state index contributed by atoms with van der Waals surface area (Å²) in [6.45, 7) is 8.75. The zero-order valence-corrected chi connectivity index (χ0v) is 26.9. The van der Waals surface area contributed by atoms with Gasteiger partial charge in [-0.15, -0.1) is 11.3 Å². The van der Waals surface area contributed by atoms with E-state index in [1.54, 1.807) is 23.7 Å². The van der Waals surface area contributed by atoms with Gasteiger partial charge in [0.05, 0.1) is 44.7 Å². The van der Waals surface area contributed by atoms with Gasteiger partial charge in [-0.1, -0.05) is 44.2 Å². The van der Waals surface area contributed by atoms with E-state index in [9.17, 15) is 9.32 Å². The van der Waals surface area contributed by atoms with Crippen molar-refractivity contribution in [3.8, 4) is 21.8 Å². The second kappa shape index (κ2) is 14.2. The van der Waals surface area contributed by atoms with Gasteiger partial charge < -0.3 is 20.0 Å². The second-order valence-electron chi connectivity index (χ2n) is 11.0. The molecular weight excluding hydrogens is 605 g/mol. The molecule has 1 aliphatic rings. The van der Waals surface area contributed by atoms with Gasteiger partial charge in [0.1, 0.15) is 16.8 Å². The molecule has 0 spiro atoms. The van der Waals surface area contributed by atoms with Gasteiger partial charge in [-0.3, -0.25) is 4.90 Å². The molecule has 1 aliphatic heterocycles. The number of piperazine rings is 1. The van der Waals surface area contributed by atoms with E-state index >= 15 is 0 Å². The zero-order chi connectivity index (χ0) is 31.2. The van der Waals surface area contributed by atoms with Crippen LogP contribution < -0.4 is 14.9 Å². The number of aliphatic hydroxyl groups is 1. The number of anilines is 4. The van der Waals surface area contributed by atoms with Crippen molar-refractivity contribution in [3.63, 3.8) is 0 Å². The molecule has 6 rings (SSSR count). The average molecular weight is 641 g/mol. The van der Waals surface area contributed by atoms with Crippen molar-refractivity contribution in [2.24, 2.45) is 0 Å². The maximum absolute atomic E-state index is 12.9.